The van der Waals surface area contributed by atoms with E-state index in [0.29, 0.717) is 34.6 Å². The van der Waals surface area contributed by atoms with Gasteiger partial charge in [-0.3, -0.25) is 0 Å². The van der Waals surface area contributed by atoms with Crippen LogP contribution >= 0.6 is 15.9 Å². The molecule has 96 valence electrons. The van der Waals surface area contributed by atoms with Crippen molar-refractivity contribution in [2.24, 2.45) is 0 Å². The molecule has 6 heteroatoms. The van der Waals surface area contributed by atoms with Crippen molar-refractivity contribution in [3.63, 3.8) is 0 Å². The van der Waals surface area contributed by atoms with Crippen LogP contribution in [0.1, 0.15) is 18.7 Å². The molecule has 0 saturated heterocycles. The fraction of sp³-hybridized carbons (Fsp3) is 0.333. The van der Waals surface area contributed by atoms with Gasteiger partial charge < -0.3 is 9.63 Å². The molecule has 1 aromatic carbocycles. The topological polar surface area (TPSA) is 59.2 Å². The fourth-order valence-electron chi connectivity index (χ4n) is 1.52. The highest BCUT2D eigenvalue weighted by molar-refractivity contribution is 9.10. The minimum atomic E-state index is -0.322. The summed E-state index contributed by atoms with van der Waals surface area (Å²) in [5.41, 5.74) is 0.688. The summed E-state index contributed by atoms with van der Waals surface area (Å²) in [5.74, 6) is 0.632. The number of unbranched alkanes of at least 4 members (excludes halogenated alkanes) is 1. The largest absolute Gasteiger partial charge is 0.396 e. The third kappa shape index (κ3) is 3.14. The molecule has 0 aliphatic rings. The summed E-state index contributed by atoms with van der Waals surface area (Å²) in [6.07, 6.45) is 2.13. The molecule has 0 aliphatic heterocycles. The van der Waals surface area contributed by atoms with Crippen LogP contribution in [-0.4, -0.2) is 21.9 Å². The number of aliphatic hydroxyl groups excluding tert-OH is 1. The van der Waals surface area contributed by atoms with Crippen LogP contribution in [0, 0.1) is 5.82 Å². The van der Waals surface area contributed by atoms with Crippen molar-refractivity contribution in [3.05, 3.63) is 34.4 Å². The Morgan fingerprint density at radius 2 is 2.17 bits per heavy atom. The van der Waals surface area contributed by atoms with E-state index in [0.717, 1.165) is 6.42 Å². The molecule has 0 unspecified atom stereocenters. The lowest BCUT2D eigenvalue weighted by Crippen LogP contribution is -1.89. The van der Waals surface area contributed by atoms with Crippen LogP contribution in [0.3, 0.4) is 0 Å². The molecule has 1 heterocycles. The monoisotopic (exact) mass is 314 g/mol. The molecule has 2 rings (SSSR count). The molecule has 2 aromatic rings. The number of nitrogens with zero attached hydrogens (tertiary/aromatic N) is 2. The lowest BCUT2D eigenvalue weighted by atomic mass is 10.2. The fourth-order valence-corrected chi connectivity index (χ4v) is 2.05. The number of aliphatic hydroxyl groups is 1. The van der Waals surface area contributed by atoms with E-state index in [1.54, 1.807) is 6.07 Å². The molecule has 0 amide bonds. The van der Waals surface area contributed by atoms with E-state index in [1.165, 1.54) is 12.1 Å². The van der Waals surface area contributed by atoms with Crippen LogP contribution in [0.15, 0.2) is 27.2 Å². The number of hydrogen-bond donors (Lipinski definition) is 1. The Labute approximate surface area is 112 Å². The molecule has 1 aromatic heterocycles. The van der Waals surface area contributed by atoms with Gasteiger partial charge in [-0.15, -0.1) is 0 Å². The van der Waals surface area contributed by atoms with Gasteiger partial charge in [0.1, 0.15) is 5.82 Å². The van der Waals surface area contributed by atoms with Crippen molar-refractivity contribution in [2.75, 3.05) is 6.61 Å². The van der Waals surface area contributed by atoms with Gasteiger partial charge in [0, 0.05) is 23.1 Å². The number of aryl methyl sites for hydroxylation is 1. The van der Waals surface area contributed by atoms with E-state index in [-0.39, 0.29) is 12.4 Å². The normalized spacial score (nSPS) is 10.8. The molecule has 4 nitrogen and oxygen atoms in total. The smallest absolute Gasteiger partial charge is 0.226 e. The molecular weight excluding hydrogens is 303 g/mol. The van der Waals surface area contributed by atoms with Crippen molar-refractivity contribution >= 4 is 15.9 Å². The predicted octanol–water partition coefficient (Wildman–Crippen LogP) is 2.95. The molecule has 1 N–H and O–H groups in total. The Balaban J connectivity index is 2.13. The maximum Gasteiger partial charge on any atom is 0.226 e. The van der Waals surface area contributed by atoms with Gasteiger partial charge in [0.15, 0.2) is 0 Å². The molecule has 18 heavy (non-hydrogen) atoms. The van der Waals surface area contributed by atoms with Gasteiger partial charge in [-0.05, 0) is 47.0 Å². The number of halogens is 2. The summed E-state index contributed by atoms with van der Waals surface area (Å²) in [6, 6.07) is 4.31. The maximum absolute atomic E-state index is 13.0. The number of aromatic nitrogens is 2. The zero-order valence-electron chi connectivity index (χ0n) is 9.57. The third-order valence-corrected chi connectivity index (χ3v) is 3.09. The minimum absolute atomic E-state index is 0.157. The van der Waals surface area contributed by atoms with E-state index in [9.17, 15) is 4.39 Å². The first kappa shape index (κ1) is 13.2. The summed E-state index contributed by atoms with van der Waals surface area (Å²) in [7, 11) is 0. The molecule has 0 bridgehead atoms. The van der Waals surface area contributed by atoms with Gasteiger partial charge in [-0.25, -0.2) is 4.39 Å². The highest BCUT2D eigenvalue weighted by atomic mass is 79.9. The van der Waals surface area contributed by atoms with E-state index in [4.69, 9.17) is 9.63 Å². The number of hydrogen-bond acceptors (Lipinski definition) is 4. The van der Waals surface area contributed by atoms with E-state index in [1.807, 2.05) is 0 Å². The van der Waals surface area contributed by atoms with Gasteiger partial charge in [-0.1, -0.05) is 5.16 Å². The Bertz CT molecular complexity index is 531. The van der Waals surface area contributed by atoms with Crippen LogP contribution in [0.5, 0.6) is 0 Å². The van der Waals surface area contributed by atoms with Crippen molar-refractivity contribution in [1.29, 1.82) is 0 Å². The van der Waals surface area contributed by atoms with Gasteiger partial charge in [-0.2, -0.15) is 4.98 Å². The molecule has 0 radical (unpaired) electrons. The van der Waals surface area contributed by atoms with Gasteiger partial charge in [0.25, 0.3) is 0 Å². The van der Waals surface area contributed by atoms with Crippen LogP contribution in [0.4, 0.5) is 4.39 Å². The van der Waals surface area contributed by atoms with Crippen molar-refractivity contribution < 1.29 is 14.0 Å². The van der Waals surface area contributed by atoms with Crippen LogP contribution in [0.2, 0.25) is 0 Å². The van der Waals surface area contributed by atoms with E-state index >= 15 is 0 Å². The summed E-state index contributed by atoms with van der Waals surface area (Å²) >= 11 is 3.26. The standard InChI is InChI=1S/C12H12BrFN2O2/c13-10-7-8(14)4-5-9(10)12-15-11(18-16-12)3-1-2-6-17/h4-5,7,17H,1-3,6H2. The summed E-state index contributed by atoms with van der Waals surface area (Å²) in [4.78, 5) is 4.23. The van der Waals surface area contributed by atoms with Gasteiger partial charge in [0.2, 0.25) is 11.7 Å². The molecule has 0 saturated carbocycles. The third-order valence-electron chi connectivity index (χ3n) is 2.44. The van der Waals surface area contributed by atoms with Crippen molar-refractivity contribution in [2.45, 2.75) is 19.3 Å². The lowest BCUT2D eigenvalue weighted by Gasteiger charge is -1.98. The molecule has 0 fully saturated rings. The van der Waals surface area contributed by atoms with Gasteiger partial charge in [0.05, 0.1) is 0 Å². The predicted molar refractivity (Wildman–Crippen MR) is 67.4 cm³/mol. The maximum atomic E-state index is 13.0. The second kappa shape index (κ2) is 6.06. The lowest BCUT2D eigenvalue weighted by molar-refractivity contribution is 0.281. The average molecular weight is 315 g/mol. The SMILES string of the molecule is OCCCCc1nc(-c2ccc(F)cc2Br)no1. The molecule has 0 spiro atoms. The minimum Gasteiger partial charge on any atom is -0.396 e. The highest BCUT2D eigenvalue weighted by Gasteiger charge is 2.11. The molecule has 0 aliphatic carbocycles. The quantitative estimate of drug-likeness (QED) is 0.862. The molecule has 0 atom stereocenters. The second-order valence-electron chi connectivity index (χ2n) is 3.82. The van der Waals surface area contributed by atoms with Crippen molar-refractivity contribution in [3.8, 4) is 11.4 Å². The second-order valence-corrected chi connectivity index (χ2v) is 4.67. The first-order valence-corrected chi connectivity index (χ1v) is 6.39. The van der Waals surface area contributed by atoms with Crippen molar-refractivity contribution in [1.82, 2.24) is 10.1 Å². The first-order chi connectivity index (χ1) is 8.70. The Kier molecular flexibility index (Phi) is 4.43. The first-order valence-electron chi connectivity index (χ1n) is 5.59. The molecular formula is C12H12BrFN2O2. The Hall–Kier alpha value is -1.27. The number of rotatable bonds is 5. The van der Waals surface area contributed by atoms with Crippen LogP contribution in [0.25, 0.3) is 11.4 Å². The van der Waals surface area contributed by atoms with E-state index < -0.39 is 0 Å². The Morgan fingerprint density at radius 3 is 2.89 bits per heavy atom. The summed E-state index contributed by atoms with van der Waals surface area (Å²) < 4.78 is 18.6. The van der Waals surface area contributed by atoms with Crippen LogP contribution < -0.4 is 0 Å². The zero-order chi connectivity index (χ0) is 13.0. The average Bonchev–Trinajstić information content (AvgIpc) is 2.78. The Morgan fingerprint density at radius 1 is 1.33 bits per heavy atom. The van der Waals surface area contributed by atoms with E-state index in [2.05, 4.69) is 26.1 Å². The van der Waals surface area contributed by atoms with Crippen LogP contribution in [-0.2, 0) is 6.42 Å². The highest BCUT2D eigenvalue weighted by Crippen LogP contribution is 2.26. The number of benzene rings is 1. The summed E-state index contributed by atoms with van der Waals surface area (Å²) in [6.45, 7) is 0.157. The summed E-state index contributed by atoms with van der Waals surface area (Å²) in [5, 5.41) is 12.5. The van der Waals surface area contributed by atoms with Gasteiger partial charge >= 0.3 is 0 Å². The zero-order valence-corrected chi connectivity index (χ0v) is 11.2.